The summed E-state index contributed by atoms with van der Waals surface area (Å²) in [4.78, 5) is 3.69. The number of nitrogens with one attached hydrogen (secondary N) is 1. The molecule has 9 nitrogen and oxygen atoms in total. The molecule has 1 N–H and O–H groups in total. The minimum absolute atomic E-state index is 0. The van der Waals surface area contributed by atoms with Crippen LogP contribution in [0.15, 0.2) is 107 Å². The van der Waals surface area contributed by atoms with Crippen molar-refractivity contribution in [1.82, 2.24) is 4.98 Å². The van der Waals surface area contributed by atoms with Gasteiger partial charge in [0.25, 0.3) is 0 Å². The second-order valence-corrected chi connectivity index (χ2v) is 11.0. The van der Waals surface area contributed by atoms with Gasteiger partial charge in [-0.15, -0.1) is 11.4 Å². The number of nitrogens with zero attached hydrogens (tertiary/aromatic N) is 3. The second-order valence-electron chi connectivity index (χ2n) is 7.79. The summed E-state index contributed by atoms with van der Waals surface area (Å²) in [5, 5.41) is 16.9. The van der Waals surface area contributed by atoms with Crippen molar-refractivity contribution in [3.8, 4) is 0 Å². The topological polar surface area (TPSA) is 156 Å². The number of hydrogen-bond acceptors (Lipinski definition) is 7. The molecular weight excluding hydrogens is 709 g/mol. The first-order valence-corrected chi connectivity index (χ1v) is 13.7. The van der Waals surface area contributed by atoms with Gasteiger partial charge < -0.3 is 20.0 Å². The molecule has 3 aromatic carbocycles. The summed E-state index contributed by atoms with van der Waals surface area (Å²) in [6.45, 7) is 3.69. The molecular formula is C26H23AuN4O5S2. The third kappa shape index (κ3) is 8.54. The normalized spacial score (nSPS) is 10.8. The van der Waals surface area contributed by atoms with Gasteiger partial charge in [0.2, 0.25) is 0 Å². The number of pyridine rings is 1. The molecule has 4 rings (SSSR count). The van der Waals surface area contributed by atoms with Crippen molar-refractivity contribution in [2.75, 3.05) is 0 Å². The molecule has 0 fully saturated rings. The zero-order chi connectivity index (χ0) is 27.1. The Hall–Kier alpha value is -3.48. The fraction of sp³-hybridized carbons (Fsp3) is 0.0769. The molecule has 1 aromatic heterocycles. The van der Waals surface area contributed by atoms with Crippen LogP contribution in [0.1, 0.15) is 16.8 Å². The molecule has 0 radical (unpaired) electrons. The maximum atomic E-state index is 12.6. The van der Waals surface area contributed by atoms with Gasteiger partial charge in [-0.3, -0.25) is 4.98 Å². The Balaban J connectivity index is 0.000000430. The maximum absolute atomic E-state index is 12.6. The van der Waals surface area contributed by atoms with Crippen LogP contribution in [0.5, 0.6) is 0 Å². The molecule has 0 aliphatic carbocycles. The molecule has 12 heteroatoms. The average molecular weight is 733 g/mol. The van der Waals surface area contributed by atoms with Crippen LogP contribution < -0.4 is 5.11 Å². The number of benzene rings is 3. The SMILES string of the molecule is Cc1ccc(S(=O)(=O)[N-]c2ccccc2[N-]S(=O)(=O)c2ccc(C)cc2)cc1.N=C([O-])c1ccccn1.[Au+3]. The first-order chi connectivity index (χ1) is 17.5. The smallest absolute Gasteiger partial charge is 0.858 e. The summed E-state index contributed by atoms with van der Waals surface area (Å²) < 4.78 is 57.9. The molecule has 0 saturated heterocycles. The molecule has 4 aromatic rings. The summed E-state index contributed by atoms with van der Waals surface area (Å²) in [5.74, 6) is -0.740. The van der Waals surface area contributed by atoms with Crippen LogP contribution in [0.4, 0.5) is 11.4 Å². The maximum Gasteiger partial charge on any atom is 3.00 e. The van der Waals surface area contributed by atoms with Crippen molar-refractivity contribution >= 4 is 37.3 Å². The Bertz CT molecular complexity index is 1480. The number of sulfonamides is 2. The molecule has 0 aliphatic heterocycles. The van der Waals surface area contributed by atoms with Crippen LogP contribution in [-0.2, 0) is 42.4 Å². The molecule has 0 spiro atoms. The van der Waals surface area contributed by atoms with Crippen molar-refractivity contribution in [2.24, 2.45) is 0 Å². The van der Waals surface area contributed by atoms with Gasteiger partial charge in [0.15, 0.2) is 0 Å². The molecule has 200 valence electrons. The second kappa shape index (κ2) is 13.4. The Morgan fingerprint density at radius 3 is 1.39 bits per heavy atom. The summed E-state index contributed by atoms with van der Waals surface area (Å²) in [6.07, 6.45) is 1.49. The standard InChI is InChI=1S/C20H18N2O4S2.C6H6N2O.Au/c1-15-7-11-17(12-8-15)27(23,24)21-19-5-3-4-6-20(19)22-28(25,26)18-13-9-16(2)10-14-18;7-6(9)5-3-1-2-4-8-5;/h3-14H,1-2H3;1-4H,(H2,7,9);/q-2;;+3/p-1. The van der Waals surface area contributed by atoms with Gasteiger partial charge in [0.05, 0.1) is 15.5 Å². The van der Waals surface area contributed by atoms with Gasteiger partial charge in [-0.25, -0.2) is 16.8 Å². The molecule has 38 heavy (non-hydrogen) atoms. The summed E-state index contributed by atoms with van der Waals surface area (Å²) in [5.41, 5.74) is 1.94. The first-order valence-electron chi connectivity index (χ1n) is 10.8. The predicted molar refractivity (Wildman–Crippen MR) is 140 cm³/mol. The number of rotatable bonds is 7. The zero-order valence-corrected chi connectivity index (χ0v) is 24.0. The molecule has 0 saturated carbocycles. The summed E-state index contributed by atoms with van der Waals surface area (Å²) in [6, 6.07) is 23.3. The van der Waals surface area contributed by atoms with Crippen molar-refractivity contribution in [3.63, 3.8) is 0 Å². The third-order valence-corrected chi connectivity index (χ3v) is 7.46. The van der Waals surface area contributed by atoms with E-state index in [1.807, 2.05) is 13.8 Å². The quantitative estimate of drug-likeness (QED) is 0.163. The minimum Gasteiger partial charge on any atom is -0.858 e. The van der Waals surface area contributed by atoms with Crippen molar-refractivity contribution in [3.05, 3.63) is 123 Å². The van der Waals surface area contributed by atoms with E-state index in [0.717, 1.165) is 11.1 Å². The van der Waals surface area contributed by atoms with Crippen molar-refractivity contribution in [1.29, 1.82) is 5.41 Å². The van der Waals surface area contributed by atoms with E-state index in [0.29, 0.717) is 0 Å². The van der Waals surface area contributed by atoms with Crippen molar-refractivity contribution in [2.45, 2.75) is 23.6 Å². The predicted octanol–water partition coefficient (Wildman–Crippen LogP) is 4.86. The van der Waals surface area contributed by atoms with Gasteiger partial charge in [0.1, 0.15) is 20.0 Å². The summed E-state index contributed by atoms with van der Waals surface area (Å²) >= 11 is 0. The molecule has 0 atom stereocenters. The van der Waals surface area contributed by atoms with Crippen LogP contribution in [0.3, 0.4) is 0 Å². The van der Waals surface area contributed by atoms with Crippen LogP contribution >= 0.6 is 0 Å². The first kappa shape index (κ1) is 30.7. The Morgan fingerprint density at radius 1 is 0.684 bits per heavy atom. The van der Waals surface area contributed by atoms with E-state index < -0.39 is 25.9 Å². The van der Waals surface area contributed by atoms with Crippen LogP contribution in [0, 0.1) is 19.3 Å². The Morgan fingerprint density at radius 2 is 1.08 bits per heavy atom. The fourth-order valence-electron chi connectivity index (χ4n) is 2.90. The molecule has 0 amide bonds. The third-order valence-electron chi connectivity index (χ3n) is 4.85. The molecule has 0 bridgehead atoms. The number of aromatic nitrogens is 1. The van der Waals surface area contributed by atoms with Gasteiger partial charge in [-0.2, -0.15) is 0 Å². The van der Waals surface area contributed by atoms with Crippen molar-refractivity contribution < 1.29 is 44.3 Å². The summed E-state index contributed by atoms with van der Waals surface area (Å²) in [7, 11) is -8.02. The monoisotopic (exact) mass is 732 g/mol. The van der Waals surface area contributed by atoms with Gasteiger partial charge in [0, 0.05) is 12.1 Å². The Kier molecular flexibility index (Phi) is 10.8. The van der Waals surface area contributed by atoms with Crippen LogP contribution in [-0.4, -0.2) is 27.7 Å². The Labute approximate surface area is 238 Å². The van der Waals surface area contributed by atoms with E-state index in [1.165, 1.54) is 48.7 Å². The minimum atomic E-state index is -4.01. The van der Waals surface area contributed by atoms with Gasteiger partial charge in [-0.05, 0) is 50.2 Å². The average Bonchev–Trinajstić information content (AvgIpc) is 2.86. The van der Waals surface area contributed by atoms with E-state index in [-0.39, 0.29) is 49.2 Å². The van der Waals surface area contributed by atoms with E-state index in [1.54, 1.807) is 48.5 Å². The van der Waals surface area contributed by atoms with Crippen LogP contribution in [0.2, 0.25) is 0 Å². The van der Waals surface area contributed by atoms with Gasteiger partial charge >= 0.3 is 22.4 Å². The van der Waals surface area contributed by atoms with E-state index >= 15 is 0 Å². The van der Waals surface area contributed by atoms with Crippen LogP contribution in [0.25, 0.3) is 9.44 Å². The number of aryl methyl sites for hydroxylation is 2. The van der Waals surface area contributed by atoms with E-state index in [9.17, 15) is 21.9 Å². The molecule has 0 unspecified atom stereocenters. The zero-order valence-electron chi connectivity index (χ0n) is 20.2. The molecule has 0 aliphatic rings. The van der Waals surface area contributed by atoms with E-state index in [4.69, 9.17) is 5.41 Å². The number of hydrogen-bond donors (Lipinski definition) is 1. The van der Waals surface area contributed by atoms with Gasteiger partial charge in [-0.1, -0.05) is 65.7 Å². The fourth-order valence-corrected chi connectivity index (χ4v) is 4.90. The van der Waals surface area contributed by atoms with E-state index in [2.05, 4.69) is 14.4 Å². The largest absolute Gasteiger partial charge is 3.00 e. The molecule has 1 heterocycles.